The number of anilines is 2. The van der Waals surface area contributed by atoms with Crippen molar-refractivity contribution < 1.29 is 24.0 Å². The quantitative estimate of drug-likeness (QED) is 0.408. The van der Waals surface area contributed by atoms with E-state index in [0.717, 1.165) is 0 Å². The Bertz CT molecular complexity index is 1030. The van der Waals surface area contributed by atoms with Crippen molar-refractivity contribution in [3.63, 3.8) is 0 Å². The minimum Gasteiger partial charge on any atom is -0.455 e. The Hall–Kier alpha value is -3.17. The molecule has 2 amide bonds. The monoisotopic (exact) mass is 451 g/mol. The Labute approximate surface area is 180 Å². The molecule has 3 rings (SSSR count). The molecule has 1 N–H and O–H groups in total. The van der Waals surface area contributed by atoms with Gasteiger partial charge in [0, 0.05) is 35.8 Å². The molecular weight excluding hydrogens is 437 g/mol. The van der Waals surface area contributed by atoms with Gasteiger partial charge in [0.2, 0.25) is 5.91 Å². The fourth-order valence-electron chi connectivity index (χ4n) is 2.94. The molecule has 0 spiro atoms. The summed E-state index contributed by atoms with van der Waals surface area (Å²) in [6, 6.07) is 10.0. The highest BCUT2D eigenvalue weighted by atomic mass is 35.5. The van der Waals surface area contributed by atoms with Crippen molar-refractivity contribution in [3.05, 3.63) is 62.6 Å². The van der Waals surface area contributed by atoms with E-state index in [1.165, 1.54) is 35.2 Å². The Kier molecular flexibility index (Phi) is 6.53. The van der Waals surface area contributed by atoms with Gasteiger partial charge < -0.3 is 15.0 Å². The first-order chi connectivity index (χ1) is 14.2. The minimum atomic E-state index is -0.766. The summed E-state index contributed by atoms with van der Waals surface area (Å²) < 4.78 is 5.00. The van der Waals surface area contributed by atoms with E-state index in [1.807, 2.05) is 0 Å². The number of ether oxygens (including phenoxy) is 1. The fourth-order valence-corrected chi connectivity index (χ4v) is 3.33. The second-order valence-corrected chi connectivity index (χ2v) is 7.31. The number of hydrogen-bond donors (Lipinski definition) is 1. The number of halogens is 2. The number of nitrogens with one attached hydrogen (secondary N) is 1. The summed E-state index contributed by atoms with van der Waals surface area (Å²) in [4.78, 5) is 48.1. The molecule has 0 unspecified atom stereocenters. The van der Waals surface area contributed by atoms with Crippen LogP contribution >= 0.6 is 23.2 Å². The molecule has 1 fully saturated rings. The van der Waals surface area contributed by atoms with Gasteiger partial charge in [-0.1, -0.05) is 29.3 Å². The van der Waals surface area contributed by atoms with Crippen LogP contribution in [-0.2, 0) is 19.1 Å². The highest BCUT2D eigenvalue weighted by Gasteiger charge is 2.37. The second kappa shape index (κ2) is 9.10. The largest absolute Gasteiger partial charge is 0.455 e. The van der Waals surface area contributed by atoms with Gasteiger partial charge in [0.05, 0.1) is 21.6 Å². The van der Waals surface area contributed by atoms with Crippen molar-refractivity contribution in [1.82, 2.24) is 0 Å². The molecule has 0 aromatic heterocycles. The van der Waals surface area contributed by atoms with Crippen molar-refractivity contribution in [2.75, 3.05) is 23.4 Å². The molecule has 156 valence electrons. The summed E-state index contributed by atoms with van der Waals surface area (Å²) in [5.41, 5.74) is 0.407. The molecule has 0 aliphatic carbocycles. The lowest BCUT2D eigenvalue weighted by molar-refractivity contribution is -0.384. The third kappa shape index (κ3) is 5.05. The third-order valence-corrected chi connectivity index (χ3v) is 4.90. The number of carbonyl (C=O) groups excluding carboxylic acids is 3. The summed E-state index contributed by atoms with van der Waals surface area (Å²) >= 11 is 12.1. The Morgan fingerprint density at radius 3 is 2.73 bits per heavy atom. The molecule has 2 aromatic rings. The molecule has 30 heavy (non-hydrogen) atoms. The molecule has 1 aliphatic rings. The van der Waals surface area contributed by atoms with Gasteiger partial charge in [-0.3, -0.25) is 24.5 Å². The van der Waals surface area contributed by atoms with Gasteiger partial charge in [0.25, 0.3) is 11.6 Å². The lowest BCUT2D eigenvalue weighted by Gasteiger charge is -2.18. The smallest absolute Gasteiger partial charge is 0.311 e. The molecule has 1 aliphatic heterocycles. The summed E-state index contributed by atoms with van der Waals surface area (Å²) in [6.45, 7) is -0.547. The van der Waals surface area contributed by atoms with E-state index in [0.29, 0.717) is 15.7 Å². The molecule has 11 heteroatoms. The maximum absolute atomic E-state index is 12.3. The van der Waals surface area contributed by atoms with Crippen LogP contribution in [0.15, 0.2) is 42.5 Å². The van der Waals surface area contributed by atoms with Crippen LogP contribution in [0.25, 0.3) is 0 Å². The predicted octanol–water partition coefficient (Wildman–Crippen LogP) is 3.44. The number of amides is 2. The van der Waals surface area contributed by atoms with Crippen LogP contribution in [0.4, 0.5) is 17.1 Å². The van der Waals surface area contributed by atoms with Gasteiger partial charge in [0.15, 0.2) is 6.61 Å². The number of benzene rings is 2. The van der Waals surface area contributed by atoms with Crippen LogP contribution in [-0.4, -0.2) is 35.9 Å². The van der Waals surface area contributed by atoms with E-state index in [9.17, 15) is 24.5 Å². The van der Waals surface area contributed by atoms with Gasteiger partial charge in [-0.25, -0.2) is 0 Å². The van der Waals surface area contributed by atoms with Crippen molar-refractivity contribution >= 4 is 58.0 Å². The van der Waals surface area contributed by atoms with E-state index < -0.39 is 29.3 Å². The lowest BCUT2D eigenvalue weighted by Crippen LogP contribution is -2.28. The van der Waals surface area contributed by atoms with E-state index in [-0.39, 0.29) is 30.2 Å². The van der Waals surface area contributed by atoms with Gasteiger partial charge in [-0.05, 0) is 24.3 Å². The molecule has 0 bridgehead atoms. The molecule has 1 atom stereocenters. The maximum Gasteiger partial charge on any atom is 0.311 e. The lowest BCUT2D eigenvalue weighted by atomic mass is 10.1. The molecule has 1 heterocycles. The molecule has 9 nitrogen and oxygen atoms in total. The zero-order valence-electron chi connectivity index (χ0n) is 15.3. The number of non-ortho nitro benzene ring substituents is 1. The van der Waals surface area contributed by atoms with Crippen LogP contribution in [0, 0.1) is 16.0 Å². The second-order valence-electron chi connectivity index (χ2n) is 6.46. The first kappa shape index (κ1) is 21.5. The average molecular weight is 452 g/mol. The number of esters is 1. The number of carbonyl (C=O) groups is 3. The summed E-state index contributed by atoms with van der Waals surface area (Å²) in [5.74, 6) is -2.46. The number of nitrogens with zero attached hydrogens (tertiary/aromatic N) is 2. The number of nitro groups is 1. The molecule has 1 saturated heterocycles. The highest BCUT2D eigenvalue weighted by molar-refractivity contribution is 6.35. The van der Waals surface area contributed by atoms with Gasteiger partial charge in [-0.2, -0.15) is 0 Å². The maximum atomic E-state index is 12.3. The molecule has 0 saturated carbocycles. The highest BCUT2D eigenvalue weighted by Crippen LogP contribution is 2.33. The van der Waals surface area contributed by atoms with Crippen LogP contribution in [0.5, 0.6) is 0 Å². The molecule has 0 radical (unpaired) electrons. The number of nitro benzene ring substituents is 1. The SMILES string of the molecule is O=C(COC(=O)[C@H]1CC(=O)N(c2cc(Cl)ccc2Cl)C1)Nc1cccc([N+](=O)[O-])c1. The van der Waals surface area contributed by atoms with E-state index in [2.05, 4.69) is 5.32 Å². The predicted molar refractivity (Wildman–Crippen MR) is 110 cm³/mol. The zero-order valence-corrected chi connectivity index (χ0v) is 16.9. The van der Waals surface area contributed by atoms with Crippen LogP contribution < -0.4 is 10.2 Å². The standard InChI is InChI=1S/C19H15Cl2N3O6/c20-12-4-5-15(21)16(7-12)23-9-11(6-18(23)26)19(27)30-10-17(25)22-13-2-1-3-14(8-13)24(28)29/h1-5,7-8,11H,6,9-10H2,(H,22,25)/t11-/m0/s1. The van der Waals surface area contributed by atoms with Crippen molar-refractivity contribution in [2.45, 2.75) is 6.42 Å². The average Bonchev–Trinajstić information content (AvgIpc) is 3.09. The summed E-state index contributed by atoms with van der Waals surface area (Å²) in [6.07, 6.45) is -0.0891. The van der Waals surface area contributed by atoms with Crippen molar-refractivity contribution in [1.29, 1.82) is 0 Å². The summed E-state index contributed by atoms with van der Waals surface area (Å²) in [5, 5.41) is 13.9. The fraction of sp³-hybridized carbons (Fsp3) is 0.211. The van der Waals surface area contributed by atoms with Crippen LogP contribution in [0.2, 0.25) is 10.0 Å². The Balaban J connectivity index is 1.56. The van der Waals surface area contributed by atoms with Crippen LogP contribution in [0.3, 0.4) is 0 Å². The first-order valence-corrected chi connectivity index (χ1v) is 9.46. The zero-order chi connectivity index (χ0) is 21.8. The number of hydrogen-bond acceptors (Lipinski definition) is 6. The van der Waals surface area contributed by atoms with Gasteiger partial charge in [-0.15, -0.1) is 0 Å². The normalized spacial score (nSPS) is 15.7. The van der Waals surface area contributed by atoms with Crippen molar-refractivity contribution in [2.24, 2.45) is 5.92 Å². The first-order valence-electron chi connectivity index (χ1n) is 8.71. The molecular formula is C19H15Cl2N3O6. The van der Waals surface area contributed by atoms with Gasteiger partial charge in [0.1, 0.15) is 0 Å². The van der Waals surface area contributed by atoms with Gasteiger partial charge >= 0.3 is 5.97 Å². The topological polar surface area (TPSA) is 119 Å². The minimum absolute atomic E-state index is 0.0459. The van der Waals surface area contributed by atoms with E-state index in [1.54, 1.807) is 12.1 Å². The van der Waals surface area contributed by atoms with Crippen molar-refractivity contribution in [3.8, 4) is 0 Å². The Morgan fingerprint density at radius 1 is 1.23 bits per heavy atom. The number of rotatable bonds is 6. The summed E-state index contributed by atoms with van der Waals surface area (Å²) in [7, 11) is 0. The Morgan fingerprint density at radius 2 is 2.00 bits per heavy atom. The van der Waals surface area contributed by atoms with Crippen LogP contribution in [0.1, 0.15) is 6.42 Å². The third-order valence-electron chi connectivity index (χ3n) is 4.34. The molecule has 2 aromatic carbocycles. The van der Waals surface area contributed by atoms with E-state index >= 15 is 0 Å². The van der Waals surface area contributed by atoms with E-state index in [4.69, 9.17) is 27.9 Å².